The van der Waals surface area contributed by atoms with Gasteiger partial charge >= 0.3 is 5.97 Å². The van der Waals surface area contributed by atoms with Crippen LogP contribution in [0.25, 0.3) is 0 Å². The maximum absolute atomic E-state index is 13.2. The van der Waals surface area contributed by atoms with Crippen LogP contribution in [0.3, 0.4) is 0 Å². The van der Waals surface area contributed by atoms with Gasteiger partial charge in [-0.3, -0.25) is 9.59 Å². The minimum Gasteiger partial charge on any atom is -0.469 e. The number of fused-ring (bicyclic) bond motifs is 3. The Hall–Kier alpha value is -1.16. The van der Waals surface area contributed by atoms with E-state index in [1.165, 1.54) is 7.11 Å². The number of ketones is 1. The second-order valence-electron chi connectivity index (χ2n) is 9.50. The molecule has 7 atom stereocenters. The normalized spacial score (nSPS) is 51.7. The molecule has 0 unspecified atom stereocenters. The number of carbonyl (C=O) groups is 2. The van der Waals surface area contributed by atoms with Gasteiger partial charge in [-0.1, -0.05) is 19.9 Å². The molecule has 0 aliphatic heterocycles. The third kappa shape index (κ3) is 1.87. The van der Waals surface area contributed by atoms with E-state index < -0.39 is 16.9 Å². The van der Waals surface area contributed by atoms with Crippen LogP contribution in [-0.4, -0.2) is 30.1 Å². The molecule has 0 aromatic rings. The van der Waals surface area contributed by atoms with Crippen LogP contribution < -0.4 is 0 Å². The van der Waals surface area contributed by atoms with Gasteiger partial charge in [0.2, 0.25) is 0 Å². The summed E-state index contributed by atoms with van der Waals surface area (Å²) in [6, 6.07) is 0. The number of carbonyl (C=O) groups excluding carboxylic acids is 2. The molecule has 1 N–H and O–H groups in total. The van der Waals surface area contributed by atoms with Crippen molar-refractivity contribution in [3.05, 3.63) is 12.2 Å². The lowest BCUT2D eigenvalue weighted by Gasteiger charge is -2.64. The quantitative estimate of drug-likeness (QED) is 0.585. The smallest absolute Gasteiger partial charge is 0.311 e. The molecule has 4 aliphatic rings. The van der Waals surface area contributed by atoms with E-state index in [0.717, 1.165) is 44.1 Å². The van der Waals surface area contributed by atoms with E-state index in [0.29, 0.717) is 6.42 Å². The van der Waals surface area contributed by atoms with Crippen molar-refractivity contribution in [2.75, 3.05) is 7.11 Å². The molecule has 0 saturated heterocycles. The summed E-state index contributed by atoms with van der Waals surface area (Å²) in [5.74, 6) is 0.389. The largest absolute Gasteiger partial charge is 0.469 e. The highest BCUT2D eigenvalue weighted by molar-refractivity contribution is 6.03. The summed E-state index contributed by atoms with van der Waals surface area (Å²) >= 11 is 0. The maximum Gasteiger partial charge on any atom is 0.311 e. The molecular weight excluding hydrogens is 316 g/mol. The summed E-state index contributed by atoms with van der Waals surface area (Å²) in [7, 11) is 1.45. The van der Waals surface area contributed by atoms with Crippen molar-refractivity contribution in [3.63, 3.8) is 0 Å². The molecule has 4 heteroatoms. The molecule has 4 nitrogen and oxygen atoms in total. The van der Waals surface area contributed by atoms with Gasteiger partial charge in [0, 0.05) is 0 Å². The summed E-state index contributed by atoms with van der Waals surface area (Å²) in [6.07, 6.45) is 5.34. The zero-order valence-electron chi connectivity index (χ0n) is 15.6. The first-order valence-corrected chi connectivity index (χ1v) is 9.72. The third-order valence-electron chi connectivity index (χ3n) is 8.70. The average Bonchev–Trinajstić information content (AvgIpc) is 2.78. The molecule has 4 fully saturated rings. The van der Waals surface area contributed by atoms with E-state index in [1.54, 1.807) is 0 Å². The van der Waals surface area contributed by atoms with Crippen LogP contribution in [0.5, 0.6) is 0 Å². The van der Waals surface area contributed by atoms with E-state index in [9.17, 15) is 14.7 Å². The lowest BCUT2D eigenvalue weighted by Crippen LogP contribution is -2.64. The third-order valence-corrected chi connectivity index (χ3v) is 8.70. The van der Waals surface area contributed by atoms with Crippen molar-refractivity contribution in [2.45, 2.75) is 64.9 Å². The number of ether oxygens (including phenoxy) is 1. The van der Waals surface area contributed by atoms with Gasteiger partial charge in [-0.25, -0.2) is 0 Å². The van der Waals surface area contributed by atoms with Gasteiger partial charge in [0.1, 0.15) is 0 Å². The second-order valence-corrected chi connectivity index (χ2v) is 9.50. The van der Waals surface area contributed by atoms with Crippen molar-refractivity contribution in [1.82, 2.24) is 0 Å². The van der Waals surface area contributed by atoms with Gasteiger partial charge in [0.15, 0.2) is 5.78 Å². The van der Waals surface area contributed by atoms with E-state index >= 15 is 0 Å². The number of aliphatic hydroxyl groups excluding tert-OH is 1. The predicted molar refractivity (Wildman–Crippen MR) is 93.6 cm³/mol. The molecule has 4 aliphatic carbocycles. The van der Waals surface area contributed by atoms with Crippen molar-refractivity contribution in [3.8, 4) is 0 Å². The van der Waals surface area contributed by atoms with Crippen molar-refractivity contribution in [2.24, 2.45) is 34.0 Å². The highest BCUT2D eigenvalue weighted by Gasteiger charge is 2.71. The van der Waals surface area contributed by atoms with Crippen LogP contribution >= 0.6 is 0 Å². The number of aliphatic hydroxyl groups is 1. The monoisotopic (exact) mass is 346 g/mol. The number of esters is 1. The van der Waals surface area contributed by atoms with Gasteiger partial charge < -0.3 is 9.84 Å². The summed E-state index contributed by atoms with van der Waals surface area (Å²) < 4.78 is 5.15. The fourth-order valence-electron chi connectivity index (χ4n) is 7.52. The fraction of sp³-hybridized carbons (Fsp3) is 0.810. The Balaban J connectivity index is 1.82. The van der Waals surface area contributed by atoms with E-state index in [2.05, 4.69) is 13.5 Å². The summed E-state index contributed by atoms with van der Waals surface area (Å²) in [6.45, 7) is 8.34. The number of allylic oxidation sites excluding steroid dienone is 1. The molecule has 1 spiro atoms. The molecule has 0 heterocycles. The van der Waals surface area contributed by atoms with Crippen molar-refractivity contribution < 1.29 is 19.4 Å². The van der Waals surface area contributed by atoms with E-state index in [4.69, 9.17) is 4.74 Å². The van der Waals surface area contributed by atoms with Crippen molar-refractivity contribution in [1.29, 1.82) is 0 Å². The first-order chi connectivity index (χ1) is 11.7. The second kappa shape index (κ2) is 5.18. The molecule has 2 bridgehead atoms. The van der Waals surface area contributed by atoms with Gasteiger partial charge in [-0.05, 0) is 74.2 Å². The van der Waals surface area contributed by atoms with Crippen LogP contribution in [-0.2, 0) is 14.3 Å². The molecular formula is C21H30O4. The fourth-order valence-corrected chi connectivity index (χ4v) is 7.52. The molecule has 25 heavy (non-hydrogen) atoms. The average molecular weight is 346 g/mol. The number of hydrogen-bond acceptors (Lipinski definition) is 4. The SMILES string of the molecule is C=C1C(=O)[C@]23C[C@H]1CC[C@H]2[C@]1(C)CCC[C@@](C)(C(=O)OC)[C@H]1C[C@@H]3O. The summed E-state index contributed by atoms with van der Waals surface area (Å²) in [4.78, 5) is 25.8. The Morgan fingerprint density at radius 3 is 2.64 bits per heavy atom. The van der Waals surface area contributed by atoms with Crippen LogP contribution in [0.4, 0.5) is 0 Å². The zero-order valence-corrected chi connectivity index (χ0v) is 15.6. The number of rotatable bonds is 1. The maximum atomic E-state index is 13.2. The Kier molecular flexibility index (Phi) is 3.58. The minimum atomic E-state index is -0.674. The van der Waals surface area contributed by atoms with Crippen LogP contribution in [0.15, 0.2) is 12.2 Å². The minimum absolute atomic E-state index is 0.0602. The highest BCUT2D eigenvalue weighted by Crippen LogP contribution is 2.71. The van der Waals surface area contributed by atoms with Gasteiger partial charge in [0.25, 0.3) is 0 Å². The molecule has 4 saturated carbocycles. The molecule has 0 aromatic heterocycles. The number of Topliss-reactive ketones (excluding diaryl/α,β-unsaturated/α-hetero) is 1. The Morgan fingerprint density at radius 1 is 1.24 bits per heavy atom. The van der Waals surface area contributed by atoms with Crippen LogP contribution in [0.1, 0.15) is 58.8 Å². The predicted octanol–water partition coefficient (Wildman–Crippen LogP) is 3.28. The Bertz CT molecular complexity index is 654. The van der Waals surface area contributed by atoms with Gasteiger partial charge in [-0.15, -0.1) is 0 Å². The van der Waals surface area contributed by atoms with Gasteiger partial charge in [-0.2, -0.15) is 0 Å². The molecule has 0 aromatic carbocycles. The van der Waals surface area contributed by atoms with E-state index in [-0.39, 0.29) is 34.9 Å². The topological polar surface area (TPSA) is 63.6 Å². The molecule has 0 amide bonds. The van der Waals surface area contributed by atoms with Crippen molar-refractivity contribution >= 4 is 11.8 Å². The lowest BCUT2D eigenvalue weighted by atomic mass is 9.40. The zero-order chi connectivity index (χ0) is 18.2. The van der Waals surface area contributed by atoms with Crippen LogP contribution in [0.2, 0.25) is 0 Å². The first kappa shape index (κ1) is 17.3. The number of methoxy groups -OCH3 is 1. The molecule has 0 radical (unpaired) electrons. The summed E-state index contributed by atoms with van der Waals surface area (Å²) in [5.41, 5.74) is -0.597. The highest BCUT2D eigenvalue weighted by atomic mass is 16.5. The van der Waals surface area contributed by atoms with Crippen LogP contribution in [0, 0.1) is 34.0 Å². The first-order valence-electron chi connectivity index (χ1n) is 9.72. The lowest BCUT2D eigenvalue weighted by molar-refractivity contribution is -0.208. The Labute approximate surface area is 150 Å². The summed E-state index contributed by atoms with van der Waals surface area (Å²) in [5, 5.41) is 11.2. The van der Waals surface area contributed by atoms with E-state index in [1.807, 2.05) is 6.92 Å². The standard InChI is InChI=1S/C21H30O4/c1-12-13-6-7-14-19(2)8-5-9-20(3,18(24)25-4)15(19)10-16(22)21(14,11-13)17(12)23/h13-16,22H,1,5-11H2,2-4H3/t13-,14+,15+,16+,19+,20-,21-/m1/s1. The molecule has 4 rings (SSSR count). The number of hydrogen-bond donors (Lipinski definition) is 1. The Morgan fingerprint density at radius 2 is 1.96 bits per heavy atom. The van der Waals surface area contributed by atoms with Gasteiger partial charge in [0.05, 0.1) is 24.0 Å². The molecule has 138 valence electrons.